The van der Waals surface area contributed by atoms with Gasteiger partial charge in [0.15, 0.2) is 11.6 Å². The van der Waals surface area contributed by atoms with Gasteiger partial charge in [-0.2, -0.15) is 0 Å². The lowest BCUT2D eigenvalue weighted by atomic mass is 10.00. The summed E-state index contributed by atoms with van der Waals surface area (Å²) in [7, 11) is 0. The second kappa shape index (κ2) is 12.6. The Labute approximate surface area is 222 Å². The summed E-state index contributed by atoms with van der Waals surface area (Å²) in [6, 6.07) is 21.3. The van der Waals surface area contributed by atoms with Crippen LogP contribution in [0.25, 0.3) is 22.3 Å². The normalized spacial score (nSPS) is 11.0. The molecule has 0 aromatic heterocycles. The third-order valence-corrected chi connectivity index (χ3v) is 6.58. The number of carbonyl (C=O) groups is 1. The van der Waals surface area contributed by atoms with Crippen molar-refractivity contribution in [1.82, 2.24) is 0 Å². The Morgan fingerprint density at radius 1 is 0.658 bits per heavy atom. The van der Waals surface area contributed by atoms with Crippen LogP contribution in [0.1, 0.15) is 61.0 Å². The summed E-state index contributed by atoms with van der Waals surface area (Å²) in [5.41, 5.74) is 3.23. The van der Waals surface area contributed by atoms with Crippen LogP contribution in [-0.2, 0) is 12.8 Å². The fourth-order valence-electron chi connectivity index (χ4n) is 4.46. The number of unbranched alkanes of at least 4 members (excludes halogenated alkanes) is 2. The quantitative estimate of drug-likeness (QED) is 0.119. The molecule has 0 aliphatic rings. The Hall–Kier alpha value is -3.86. The molecule has 0 aliphatic heterocycles. The molecule has 0 heterocycles. The molecule has 0 N–H and O–H groups in total. The largest absolute Gasteiger partial charge is 0.423 e. The third kappa shape index (κ3) is 6.34. The molecule has 0 amide bonds. The molecule has 0 fully saturated rings. The topological polar surface area (TPSA) is 26.3 Å². The highest BCUT2D eigenvalue weighted by molar-refractivity contribution is 5.92. The maximum Gasteiger partial charge on any atom is 0.346 e. The number of hydrogen-bond acceptors (Lipinski definition) is 2. The van der Waals surface area contributed by atoms with Gasteiger partial charge in [-0.1, -0.05) is 87.7 Å². The highest BCUT2D eigenvalue weighted by Gasteiger charge is 2.21. The van der Waals surface area contributed by atoms with E-state index in [4.69, 9.17) is 4.74 Å². The zero-order valence-corrected chi connectivity index (χ0v) is 21.7. The van der Waals surface area contributed by atoms with Gasteiger partial charge < -0.3 is 4.74 Å². The Morgan fingerprint density at radius 2 is 1.29 bits per heavy atom. The van der Waals surface area contributed by atoms with Crippen LogP contribution in [0.3, 0.4) is 0 Å². The number of halogens is 3. The van der Waals surface area contributed by atoms with E-state index < -0.39 is 23.2 Å². The van der Waals surface area contributed by atoms with E-state index in [0.29, 0.717) is 16.7 Å². The first-order chi connectivity index (χ1) is 18.4. The Balaban J connectivity index is 1.46. The highest BCUT2D eigenvalue weighted by atomic mass is 19.2. The van der Waals surface area contributed by atoms with E-state index in [1.165, 1.54) is 24.3 Å². The number of aryl methyl sites for hydroxylation is 2. The zero-order valence-electron chi connectivity index (χ0n) is 21.7. The van der Waals surface area contributed by atoms with Gasteiger partial charge >= 0.3 is 5.97 Å². The van der Waals surface area contributed by atoms with Crippen molar-refractivity contribution in [3.63, 3.8) is 0 Å². The number of esters is 1. The molecule has 0 aliphatic carbocycles. The predicted octanol–water partition coefficient (Wildman–Crippen LogP) is 9.34. The maximum atomic E-state index is 14.9. The van der Waals surface area contributed by atoms with Crippen molar-refractivity contribution in [2.75, 3.05) is 0 Å². The minimum absolute atomic E-state index is 0.0739. The lowest BCUT2D eigenvalue weighted by Crippen LogP contribution is -2.12. The summed E-state index contributed by atoms with van der Waals surface area (Å²) in [6.07, 6.45) is 5.97. The molecule has 0 saturated heterocycles. The summed E-state index contributed by atoms with van der Waals surface area (Å²) in [5.74, 6) is -3.55. The van der Waals surface area contributed by atoms with Crippen molar-refractivity contribution in [2.45, 2.75) is 52.4 Å². The van der Waals surface area contributed by atoms with Crippen molar-refractivity contribution in [2.24, 2.45) is 0 Å². The summed E-state index contributed by atoms with van der Waals surface area (Å²) >= 11 is 0. The minimum atomic E-state index is -1.26. The molecule has 2 nitrogen and oxygen atoms in total. The highest BCUT2D eigenvalue weighted by Crippen LogP contribution is 2.29. The number of rotatable bonds is 10. The van der Waals surface area contributed by atoms with Gasteiger partial charge in [-0.3, -0.25) is 0 Å². The predicted molar refractivity (Wildman–Crippen MR) is 146 cm³/mol. The van der Waals surface area contributed by atoms with Gasteiger partial charge in [0.25, 0.3) is 0 Å². The Bertz CT molecular complexity index is 1390. The first-order valence-corrected chi connectivity index (χ1v) is 13.1. The number of benzene rings is 4. The van der Waals surface area contributed by atoms with Crippen LogP contribution in [0.4, 0.5) is 13.2 Å². The molecular formula is C33H31F3O2. The standard InChI is InChI=1S/C33H31F3O2/c1-3-5-6-8-23-11-18-27(30(34)21-23)24-14-16-26(17-15-24)38-33(37)29-20-19-28(31(35)32(29)36)25-12-9-22(7-4-2)10-13-25/h9-21H,3-8H2,1-2H3. The average molecular weight is 517 g/mol. The van der Waals surface area contributed by atoms with Gasteiger partial charge in [0, 0.05) is 11.1 Å². The van der Waals surface area contributed by atoms with Gasteiger partial charge in [0.2, 0.25) is 0 Å². The van der Waals surface area contributed by atoms with Crippen molar-refractivity contribution in [3.05, 3.63) is 113 Å². The lowest BCUT2D eigenvalue weighted by Gasteiger charge is -2.10. The summed E-state index contributed by atoms with van der Waals surface area (Å²) in [6.45, 7) is 4.20. The van der Waals surface area contributed by atoms with Gasteiger partial charge in [-0.05, 0) is 65.8 Å². The van der Waals surface area contributed by atoms with E-state index >= 15 is 0 Å². The molecule has 0 spiro atoms. The summed E-state index contributed by atoms with van der Waals surface area (Å²) in [5, 5.41) is 0. The second-order valence-electron chi connectivity index (χ2n) is 9.42. The molecular weight excluding hydrogens is 485 g/mol. The number of hydrogen-bond donors (Lipinski definition) is 0. The van der Waals surface area contributed by atoms with Crippen LogP contribution >= 0.6 is 0 Å². The monoisotopic (exact) mass is 516 g/mol. The smallest absolute Gasteiger partial charge is 0.346 e. The van der Waals surface area contributed by atoms with E-state index in [9.17, 15) is 18.0 Å². The first kappa shape index (κ1) is 27.2. The van der Waals surface area contributed by atoms with Gasteiger partial charge in [0.05, 0.1) is 5.56 Å². The Kier molecular flexibility index (Phi) is 9.01. The number of ether oxygens (including phenoxy) is 1. The first-order valence-electron chi connectivity index (χ1n) is 13.1. The molecule has 0 unspecified atom stereocenters. The van der Waals surface area contributed by atoms with Crippen LogP contribution < -0.4 is 4.74 Å². The van der Waals surface area contributed by atoms with E-state index in [1.807, 2.05) is 18.2 Å². The molecule has 0 saturated carbocycles. The molecule has 0 radical (unpaired) electrons. The van der Waals surface area contributed by atoms with Crippen molar-refractivity contribution >= 4 is 5.97 Å². The van der Waals surface area contributed by atoms with Crippen molar-refractivity contribution in [1.29, 1.82) is 0 Å². The van der Waals surface area contributed by atoms with Crippen LogP contribution in [0.2, 0.25) is 0 Å². The Morgan fingerprint density at radius 3 is 1.95 bits per heavy atom. The molecule has 4 aromatic carbocycles. The van der Waals surface area contributed by atoms with Crippen LogP contribution in [-0.4, -0.2) is 5.97 Å². The van der Waals surface area contributed by atoms with E-state index in [1.54, 1.807) is 36.4 Å². The minimum Gasteiger partial charge on any atom is -0.423 e. The fraction of sp³-hybridized carbons (Fsp3) is 0.242. The van der Waals surface area contributed by atoms with E-state index in [2.05, 4.69) is 13.8 Å². The lowest BCUT2D eigenvalue weighted by molar-refractivity contribution is 0.0728. The van der Waals surface area contributed by atoms with Crippen molar-refractivity contribution in [3.8, 4) is 28.0 Å². The number of carbonyl (C=O) groups excluding carboxylic acids is 1. The third-order valence-electron chi connectivity index (χ3n) is 6.58. The van der Waals surface area contributed by atoms with Gasteiger partial charge in [-0.25, -0.2) is 18.0 Å². The molecule has 5 heteroatoms. The van der Waals surface area contributed by atoms with Crippen LogP contribution in [0, 0.1) is 17.5 Å². The SMILES string of the molecule is CCCCCc1ccc(-c2ccc(OC(=O)c3ccc(-c4ccc(CCC)cc4)c(F)c3F)cc2)c(F)c1. The molecule has 0 atom stereocenters. The average Bonchev–Trinajstić information content (AvgIpc) is 2.92. The second-order valence-corrected chi connectivity index (χ2v) is 9.42. The van der Waals surface area contributed by atoms with E-state index in [-0.39, 0.29) is 17.1 Å². The molecule has 4 aromatic rings. The molecule has 0 bridgehead atoms. The van der Waals surface area contributed by atoms with E-state index in [0.717, 1.165) is 49.7 Å². The molecule has 196 valence electrons. The van der Waals surface area contributed by atoms with Gasteiger partial charge in [0.1, 0.15) is 11.6 Å². The maximum absolute atomic E-state index is 14.9. The summed E-state index contributed by atoms with van der Waals surface area (Å²) < 4.78 is 49.7. The van der Waals surface area contributed by atoms with Crippen molar-refractivity contribution < 1.29 is 22.7 Å². The van der Waals surface area contributed by atoms with Crippen LogP contribution in [0.15, 0.2) is 78.9 Å². The summed E-state index contributed by atoms with van der Waals surface area (Å²) in [4.78, 5) is 12.6. The molecule has 4 rings (SSSR count). The zero-order chi connectivity index (χ0) is 27.1. The van der Waals surface area contributed by atoms with Gasteiger partial charge in [-0.15, -0.1) is 0 Å². The fourth-order valence-corrected chi connectivity index (χ4v) is 4.46. The molecule has 38 heavy (non-hydrogen) atoms. The van der Waals surface area contributed by atoms with Crippen LogP contribution in [0.5, 0.6) is 5.75 Å².